The van der Waals surface area contributed by atoms with Crippen LogP contribution in [0.15, 0.2) is 78.9 Å². The molecule has 39 heavy (non-hydrogen) atoms. The van der Waals surface area contributed by atoms with Gasteiger partial charge in [-0.2, -0.15) is 0 Å². The fourth-order valence-corrected chi connectivity index (χ4v) is 4.85. The monoisotopic (exact) mass is 556 g/mol. The summed E-state index contributed by atoms with van der Waals surface area (Å²) in [5.41, 5.74) is 0.873. The van der Waals surface area contributed by atoms with Crippen molar-refractivity contribution < 1.29 is 27.3 Å². The summed E-state index contributed by atoms with van der Waals surface area (Å²) in [7, 11) is -4.07. The van der Waals surface area contributed by atoms with E-state index in [-0.39, 0.29) is 24.3 Å². The first kappa shape index (κ1) is 29.2. The summed E-state index contributed by atoms with van der Waals surface area (Å²) in [4.78, 5) is 38.9. The van der Waals surface area contributed by atoms with Gasteiger partial charge in [-0.15, -0.1) is 0 Å². The molecule has 0 aliphatic heterocycles. The molecule has 0 saturated carbocycles. The van der Waals surface area contributed by atoms with Crippen LogP contribution < -0.4 is 9.62 Å². The van der Waals surface area contributed by atoms with Crippen LogP contribution in [0.1, 0.15) is 18.1 Å². The van der Waals surface area contributed by atoms with E-state index in [0.717, 1.165) is 22.2 Å². The maximum atomic E-state index is 13.8. The van der Waals surface area contributed by atoms with Gasteiger partial charge in [-0.1, -0.05) is 48.5 Å². The number of benzene rings is 3. The minimum Gasteiger partial charge on any atom is -0.355 e. The second-order valence-electron chi connectivity index (χ2n) is 8.79. The molecule has 3 rings (SSSR count). The third kappa shape index (κ3) is 8.08. The van der Waals surface area contributed by atoms with Crippen molar-refractivity contribution in [1.82, 2.24) is 10.2 Å². The van der Waals surface area contributed by atoms with Gasteiger partial charge in [0.1, 0.15) is 18.4 Å². The van der Waals surface area contributed by atoms with Crippen LogP contribution in [0.4, 0.5) is 15.8 Å². The number of hydrogen-bond donors (Lipinski definition) is 1. The molecule has 0 aliphatic rings. The zero-order valence-electron chi connectivity index (χ0n) is 21.5. The summed E-state index contributed by atoms with van der Waals surface area (Å²) in [5.74, 6) is -1.64. The molecule has 1 N–H and O–H groups in total. The Morgan fingerprint density at radius 3 is 2.26 bits per heavy atom. The summed E-state index contributed by atoms with van der Waals surface area (Å²) < 4.78 is 39.8. The smallest absolute Gasteiger partial charge is 0.271 e. The highest BCUT2D eigenvalue weighted by molar-refractivity contribution is 7.92. The number of nitro groups is 1. The highest BCUT2D eigenvalue weighted by Gasteiger charge is 2.33. The van der Waals surface area contributed by atoms with E-state index in [1.807, 2.05) is 6.07 Å². The molecular weight excluding hydrogens is 527 g/mol. The average molecular weight is 557 g/mol. The van der Waals surface area contributed by atoms with E-state index in [0.29, 0.717) is 12.1 Å². The molecular formula is C27H29FN4O6S. The Hall–Kier alpha value is -4.32. The molecule has 0 spiro atoms. The predicted octanol–water partition coefficient (Wildman–Crippen LogP) is 3.28. The molecule has 1 atom stereocenters. The molecule has 0 heterocycles. The Labute approximate surface area is 226 Å². The molecule has 10 nitrogen and oxygen atoms in total. The molecule has 0 saturated heterocycles. The molecule has 3 aromatic rings. The molecule has 2 amide bonds. The van der Waals surface area contributed by atoms with Crippen molar-refractivity contribution in [3.8, 4) is 0 Å². The van der Waals surface area contributed by atoms with Crippen LogP contribution in [0.25, 0.3) is 0 Å². The number of halogens is 1. The first-order valence-electron chi connectivity index (χ1n) is 12.1. The summed E-state index contributed by atoms with van der Waals surface area (Å²) in [6.07, 6.45) is 1.02. The van der Waals surface area contributed by atoms with Crippen molar-refractivity contribution in [2.24, 2.45) is 0 Å². The Kier molecular flexibility index (Phi) is 9.72. The number of carbonyl (C=O) groups is 2. The summed E-state index contributed by atoms with van der Waals surface area (Å²) in [6.45, 7) is 1.20. The van der Waals surface area contributed by atoms with Crippen molar-refractivity contribution >= 4 is 33.2 Å². The second-order valence-corrected chi connectivity index (χ2v) is 10.7. The molecule has 0 radical (unpaired) electrons. The molecule has 12 heteroatoms. The van der Waals surface area contributed by atoms with Crippen LogP contribution in [0.3, 0.4) is 0 Å². The van der Waals surface area contributed by atoms with Crippen LogP contribution in [0.2, 0.25) is 0 Å². The number of hydrogen-bond acceptors (Lipinski definition) is 6. The Morgan fingerprint density at radius 2 is 1.67 bits per heavy atom. The highest BCUT2D eigenvalue weighted by Crippen LogP contribution is 2.24. The van der Waals surface area contributed by atoms with Crippen molar-refractivity contribution in [3.05, 3.63) is 106 Å². The summed E-state index contributed by atoms with van der Waals surface area (Å²) >= 11 is 0. The topological polar surface area (TPSA) is 130 Å². The van der Waals surface area contributed by atoms with Gasteiger partial charge in [0.15, 0.2) is 0 Å². The Balaban J connectivity index is 2.05. The SMILES string of the molecule is CCNC(=O)C(Cc1ccccc1)N(Cc1ccc(F)cc1)C(=O)CN(c1cccc([N+](=O)[O-])c1)S(C)(=O)=O. The molecule has 3 aromatic carbocycles. The lowest BCUT2D eigenvalue weighted by Crippen LogP contribution is -2.53. The van der Waals surface area contributed by atoms with Gasteiger partial charge in [0.05, 0.1) is 16.9 Å². The Bertz CT molecular complexity index is 1420. The third-order valence-corrected chi connectivity index (χ3v) is 7.04. The molecule has 0 aliphatic carbocycles. The summed E-state index contributed by atoms with van der Waals surface area (Å²) in [5, 5.41) is 14.0. The Morgan fingerprint density at radius 1 is 1.00 bits per heavy atom. The number of amides is 2. The lowest BCUT2D eigenvalue weighted by atomic mass is 10.0. The molecule has 1 unspecified atom stereocenters. The first-order chi connectivity index (χ1) is 18.5. The molecule has 206 valence electrons. The number of sulfonamides is 1. The third-order valence-electron chi connectivity index (χ3n) is 5.90. The van der Waals surface area contributed by atoms with Crippen molar-refractivity contribution in [1.29, 1.82) is 0 Å². The van der Waals surface area contributed by atoms with E-state index in [4.69, 9.17) is 0 Å². The van der Waals surface area contributed by atoms with Crippen molar-refractivity contribution in [2.75, 3.05) is 23.7 Å². The molecule has 0 fully saturated rings. The number of likely N-dealkylation sites (N-methyl/N-ethyl adjacent to an activating group) is 1. The lowest BCUT2D eigenvalue weighted by Gasteiger charge is -2.33. The van der Waals surface area contributed by atoms with Gasteiger partial charge in [-0.05, 0) is 36.2 Å². The van der Waals surface area contributed by atoms with Crippen LogP contribution in [0.5, 0.6) is 0 Å². The van der Waals surface area contributed by atoms with Gasteiger partial charge in [0, 0.05) is 31.6 Å². The van der Waals surface area contributed by atoms with Crippen LogP contribution in [-0.2, 0) is 32.6 Å². The minimum absolute atomic E-state index is 0.0700. The standard InChI is InChI=1S/C27H29FN4O6S/c1-3-29-27(34)25(16-20-8-5-4-6-9-20)30(18-21-12-14-22(28)15-13-21)26(33)19-31(39(2,37)38)23-10-7-11-24(17-23)32(35)36/h4-15,17,25H,3,16,18-19H2,1-2H3,(H,29,34). The second kappa shape index (κ2) is 13.0. The van der Waals surface area contributed by atoms with Gasteiger partial charge >= 0.3 is 0 Å². The lowest BCUT2D eigenvalue weighted by molar-refractivity contribution is -0.384. The van der Waals surface area contributed by atoms with Crippen LogP contribution in [0, 0.1) is 15.9 Å². The van der Waals surface area contributed by atoms with Gasteiger partial charge in [0.2, 0.25) is 21.8 Å². The number of non-ortho nitro benzene ring substituents is 1. The van der Waals surface area contributed by atoms with E-state index in [9.17, 15) is 32.5 Å². The number of carbonyl (C=O) groups excluding carboxylic acids is 2. The maximum Gasteiger partial charge on any atom is 0.271 e. The predicted molar refractivity (Wildman–Crippen MR) is 145 cm³/mol. The zero-order valence-corrected chi connectivity index (χ0v) is 22.3. The van der Waals surface area contributed by atoms with Gasteiger partial charge in [-0.25, -0.2) is 12.8 Å². The fourth-order valence-electron chi connectivity index (χ4n) is 4.01. The van der Waals surface area contributed by atoms with E-state index in [2.05, 4.69) is 5.32 Å². The van der Waals surface area contributed by atoms with E-state index in [1.54, 1.807) is 31.2 Å². The van der Waals surface area contributed by atoms with Crippen LogP contribution >= 0.6 is 0 Å². The first-order valence-corrected chi connectivity index (χ1v) is 13.9. The van der Waals surface area contributed by atoms with Gasteiger partial charge in [-0.3, -0.25) is 24.0 Å². The average Bonchev–Trinajstić information content (AvgIpc) is 2.90. The van der Waals surface area contributed by atoms with E-state index < -0.39 is 45.2 Å². The number of nitrogens with zero attached hydrogens (tertiary/aromatic N) is 3. The van der Waals surface area contributed by atoms with Crippen LogP contribution in [-0.4, -0.2) is 55.4 Å². The van der Waals surface area contributed by atoms with Gasteiger partial charge in [0.25, 0.3) is 5.69 Å². The molecule has 0 bridgehead atoms. The number of rotatable bonds is 12. The minimum atomic E-state index is -4.07. The number of nitrogens with one attached hydrogen (secondary N) is 1. The van der Waals surface area contributed by atoms with E-state index in [1.165, 1.54) is 47.4 Å². The quantitative estimate of drug-likeness (QED) is 0.269. The van der Waals surface area contributed by atoms with Gasteiger partial charge < -0.3 is 10.2 Å². The number of nitro benzene ring substituents is 1. The summed E-state index contributed by atoms with van der Waals surface area (Å²) in [6, 6.07) is 18.3. The zero-order chi connectivity index (χ0) is 28.6. The van der Waals surface area contributed by atoms with E-state index >= 15 is 0 Å². The highest BCUT2D eigenvalue weighted by atomic mass is 32.2. The van der Waals surface area contributed by atoms with Crippen molar-refractivity contribution in [3.63, 3.8) is 0 Å². The van der Waals surface area contributed by atoms with Crippen molar-refractivity contribution in [2.45, 2.75) is 25.9 Å². The molecule has 0 aromatic heterocycles. The largest absolute Gasteiger partial charge is 0.355 e. The fraction of sp³-hybridized carbons (Fsp3) is 0.259. The number of anilines is 1. The maximum absolute atomic E-state index is 13.8. The normalized spacial score (nSPS) is 11.9.